The van der Waals surface area contributed by atoms with Crippen LogP contribution in [0.15, 0.2) is 66.7 Å². The van der Waals surface area contributed by atoms with Gasteiger partial charge in [-0.05, 0) is 67.1 Å². The van der Waals surface area contributed by atoms with E-state index in [1.165, 1.54) is 7.11 Å². The lowest BCUT2D eigenvalue weighted by atomic mass is 10.2. The summed E-state index contributed by atoms with van der Waals surface area (Å²) in [6.45, 7) is 1.81. The number of rotatable bonds is 8. The third-order valence-corrected chi connectivity index (χ3v) is 4.44. The molecule has 0 atom stereocenters. The fourth-order valence-corrected chi connectivity index (χ4v) is 2.87. The van der Waals surface area contributed by atoms with E-state index in [4.69, 9.17) is 14.2 Å². The molecule has 31 heavy (non-hydrogen) atoms. The Morgan fingerprint density at radius 3 is 2.29 bits per heavy atom. The molecule has 2 N–H and O–H groups in total. The second-order valence-corrected chi connectivity index (χ2v) is 6.75. The molecule has 3 rings (SSSR count). The Hall–Kier alpha value is -4.00. The van der Waals surface area contributed by atoms with Crippen molar-refractivity contribution in [2.75, 3.05) is 31.5 Å². The van der Waals surface area contributed by atoms with E-state index in [2.05, 4.69) is 10.6 Å². The molecule has 0 fully saturated rings. The van der Waals surface area contributed by atoms with Crippen molar-refractivity contribution in [2.24, 2.45) is 0 Å². The first-order chi connectivity index (χ1) is 15.0. The Morgan fingerprint density at radius 1 is 0.839 bits per heavy atom. The third kappa shape index (κ3) is 5.99. The molecule has 7 heteroatoms. The summed E-state index contributed by atoms with van der Waals surface area (Å²) in [4.78, 5) is 24.9. The summed E-state index contributed by atoms with van der Waals surface area (Å²) in [6, 6.07) is 19.2. The molecule has 3 aromatic rings. The normalized spacial score (nSPS) is 10.2. The van der Waals surface area contributed by atoms with Gasteiger partial charge in [0.05, 0.1) is 19.9 Å². The third-order valence-electron chi connectivity index (χ3n) is 4.44. The second-order valence-electron chi connectivity index (χ2n) is 6.75. The Balaban J connectivity index is 1.66. The van der Waals surface area contributed by atoms with Crippen LogP contribution in [0.25, 0.3) is 0 Å². The van der Waals surface area contributed by atoms with E-state index in [9.17, 15) is 9.59 Å². The van der Waals surface area contributed by atoms with Crippen LogP contribution in [0.5, 0.6) is 17.2 Å². The van der Waals surface area contributed by atoms with Crippen molar-refractivity contribution in [3.63, 3.8) is 0 Å². The molecule has 0 heterocycles. The lowest BCUT2D eigenvalue weighted by molar-refractivity contribution is -0.118. The van der Waals surface area contributed by atoms with Crippen molar-refractivity contribution >= 4 is 23.2 Å². The summed E-state index contributed by atoms with van der Waals surface area (Å²) in [7, 11) is 3.07. The number of benzene rings is 3. The average molecular weight is 420 g/mol. The number of aryl methyl sites for hydroxylation is 1. The van der Waals surface area contributed by atoms with E-state index >= 15 is 0 Å². The lowest BCUT2D eigenvalue weighted by Crippen LogP contribution is -2.20. The van der Waals surface area contributed by atoms with E-state index in [0.717, 1.165) is 5.56 Å². The molecule has 0 spiro atoms. The number of hydrogen-bond donors (Lipinski definition) is 2. The Labute approximate surface area is 180 Å². The van der Waals surface area contributed by atoms with Gasteiger partial charge in [-0.3, -0.25) is 9.59 Å². The smallest absolute Gasteiger partial charge is 0.262 e. The molecule has 0 aliphatic heterocycles. The fourth-order valence-electron chi connectivity index (χ4n) is 2.87. The van der Waals surface area contributed by atoms with Crippen molar-refractivity contribution in [1.82, 2.24) is 0 Å². The molecule has 0 aromatic heterocycles. The Bertz CT molecular complexity index is 1060. The van der Waals surface area contributed by atoms with Gasteiger partial charge in [-0.25, -0.2) is 0 Å². The zero-order valence-corrected chi connectivity index (χ0v) is 17.6. The highest BCUT2D eigenvalue weighted by Crippen LogP contribution is 2.28. The van der Waals surface area contributed by atoms with Crippen LogP contribution in [0.4, 0.5) is 11.4 Å². The van der Waals surface area contributed by atoms with Gasteiger partial charge in [-0.2, -0.15) is 0 Å². The fraction of sp³-hybridized carbons (Fsp3) is 0.167. The quantitative estimate of drug-likeness (QED) is 0.568. The second kappa shape index (κ2) is 10.2. The van der Waals surface area contributed by atoms with Gasteiger partial charge in [0.15, 0.2) is 6.61 Å². The average Bonchev–Trinajstić information content (AvgIpc) is 2.78. The van der Waals surface area contributed by atoms with Crippen LogP contribution in [0.1, 0.15) is 15.9 Å². The van der Waals surface area contributed by atoms with E-state index in [1.54, 1.807) is 55.6 Å². The maximum absolute atomic E-state index is 12.6. The van der Waals surface area contributed by atoms with E-state index < -0.39 is 0 Å². The predicted molar refractivity (Wildman–Crippen MR) is 119 cm³/mol. The van der Waals surface area contributed by atoms with Crippen LogP contribution < -0.4 is 24.8 Å². The number of ether oxygens (including phenoxy) is 3. The number of amides is 2. The van der Waals surface area contributed by atoms with Crippen LogP contribution in [0.3, 0.4) is 0 Å². The van der Waals surface area contributed by atoms with Gasteiger partial charge in [0, 0.05) is 11.3 Å². The molecule has 0 aliphatic carbocycles. The van der Waals surface area contributed by atoms with Gasteiger partial charge < -0.3 is 24.8 Å². The molecule has 0 saturated heterocycles. The zero-order valence-electron chi connectivity index (χ0n) is 17.6. The molecule has 160 valence electrons. The van der Waals surface area contributed by atoms with Crippen molar-refractivity contribution in [1.29, 1.82) is 0 Å². The molecule has 0 unspecified atom stereocenters. The Morgan fingerprint density at radius 2 is 1.61 bits per heavy atom. The van der Waals surface area contributed by atoms with Gasteiger partial charge in [-0.15, -0.1) is 0 Å². The minimum atomic E-state index is -0.320. The first-order valence-corrected chi connectivity index (χ1v) is 9.61. The lowest BCUT2D eigenvalue weighted by Gasteiger charge is -2.13. The van der Waals surface area contributed by atoms with Crippen LogP contribution in [0, 0.1) is 6.92 Å². The maximum atomic E-state index is 12.6. The first-order valence-electron chi connectivity index (χ1n) is 9.61. The molecular weight excluding hydrogens is 396 g/mol. The minimum absolute atomic E-state index is 0.136. The van der Waals surface area contributed by atoms with Gasteiger partial charge in [0.25, 0.3) is 11.8 Å². The van der Waals surface area contributed by atoms with Gasteiger partial charge in [0.1, 0.15) is 17.2 Å². The van der Waals surface area contributed by atoms with Gasteiger partial charge >= 0.3 is 0 Å². The molecule has 0 radical (unpaired) electrons. The van der Waals surface area contributed by atoms with Crippen LogP contribution in [0.2, 0.25) is 0 Å². The molecule has 3 aromatic carbocycles. The maximum Gasteiger partial charge on any atom is 0.262 e. The van der Waals surface area contributed by atoms with Crippen molar-refractivity contribution in [2.45, 2.75) is 6.92 Å². The first kappa shape index (κ1) is 21.7. The summed E-state index contributed by atoms with van der Waals surface area (Å²) in [6.07, 6.45) is 0. The summed E-state index contributed by atoms with van der Waals surface area (Å²) >= 11 is 0. The van der Waals surface area contributed by atoms with Crippen molar-refractivity contribution in [3.05, 3.63) is 77.9 Å². The van der Waals surface area contributed by atoms with Crippen molar-refractivity contribution < 1.29 is 23.8 Å². The monoisotopic (exact) mass is 420 g/mol. The molecule has 7 nitrogen and oxygen atoms in total. The number of anilines is 2. The number of nitrogens with one attached hydrogen (secondary N) is 2. The standard InChI is InChI=1S/C24H24N2O5/c1-16-5-4-6-20(13-16)31-15-23(27)25-18-9-12-22(30-3)21(14-18)26-24(28)17-7-10-19(29-2)11-8-17/h4-14H,15H2,1-3H3,(H,25,27)(H,26,28). The molecule has 0 aliphatic rings. The Kier molecular flexibility index (Phi) is 7.11. The summed E-state index contributed by atoms with van der Waals surface area (Å²) in [5, 5.41) is 5.56. The summed E-state index contributed by atoms with van der Waals surface area (Å²) in [5.74, 6) is 1.12. The summed E-state index contributed by atoms with van der Waals surface area (Å²) < 4.78 is 16.0. The topological polar surface area (TPSA) is 85.9 Å². The predicted octanol–water partition coefficient (Wildman–Crippen LogP) is 4.28. The number of hydrogen-bond acceptors (Lipinski definition) is 5. The zero-order chi connectivity index (χ0) is 22.2. The molecule has 0 bridgehead atoms. The van der Waals surface area contributed by atoms with Gasteiger partial charge in [0.2, 0.25) is 0 Å². The summed E-state index contributed by atoms with van der Waals surface area (Å²) in [5.41, 5.74) is 2.44. The van der Waals surface area contributed by atoms with Crippen LogP contribution in [-0.4, -0.2) is 32.6 Å². The number of methoxy groups -OCH3 is 2. The minimum Gasteiger partial charge on any atom is -0.497 e. The van der Waals surface area contributed by atoms with Gasteiger partial charge in [-0.1, -0.05) is 12.1 Å². The van der Waals surface area contributed by atoms with E-state index in [0.29, 0.717) is 34.2 Å². The number of carbonyl (C=O) groups excluding carboxylic acids is 2. The highest BCUT2D eigenvalue weighted by Gasteiger charge is 2.12. The largest absolute Gasteiger partial charge is 0.497 e. The highest BCUT2D eigenvalue weighted by atomic mass is 16.5. The van der Waals surface area contributed by atoms with Crippen LogP contribution >= 0.6 is 0 Å². The van der Waals surface area contributed by atoms with E-state index in [-0.39, 0.29) is 18.4 Å². The SMILES string of the molecule is COc1ccc(C(=O)Nc2cc(NC(=O)COc3cccc(C)c3)ccc2OC)cc1. The van der Waals surface area contributed by atoms with Crippen molar-refractivity contribution in [3.8, 4) is 17.2 Å². The molecule has 0 saturated carbocycles. The van der Waals surface area contributed by atoms with E-state index in [1.807, 2.05) is 25.1 Å². The highest BCUT2D eigenvalue weighted by molar-refractivity contribution is 6.05. The number of carbonyl (C=O) groups is 2. The molecular formula is C24H24N2O5. The van der Waals surface area contributed by atoms with Crippen LogP contribution in [-0.2, 0) is 4.79 Å². The molecule has 2 amide bonds.